The van der Waals surface area contributed by atoms with Gasteiger partial charge in [0.2, 0.25) is 5.91 Å². The number of carbonyl (C=O) groups is 1. The number of benzene rings is 1. The van der Waals surface area contributed by atoms with Crippen LogP contribution in [0.2, 0.25) is 0 Å². The first-order valence-corrected chi connectivity index (χ1v) is 5.45. The standard InChI is InChI=1S/C13H16N2O/c1-11(12-7-3-2-4-8-12)13(16)15-10-6-5-9-14/h2-4,7-8,11H,5-6,10H2,1H3,(H,15,16). The first-order chi connectivity index (χ1) is 7.75. The van der Waals surface area contributed by atoms with Gasteiger partial charge in [-0.2, -0.15) is 5.26 Å². The topological polar surface area (TPSA) is 52.9 Å². The smallest absolute Gasteiger partial charge is 0.227 e. The number of nitriles is 1. The van der Waals surface area contributed by atoms with Crippen LogP contribution in [0.15, 0.2) is 30.3 Å². The number of carbonyl (C=O) groups excluding carboxylic acids is 1. The minimum atomic E-state index is -0.136. The van der Waals surface area contributed by atoms with E-state index in [1.54, 1.807) is 0 Å². The second-order valence-corrected chi connectivity index (χ2v) is 3.69. The largest absolute Gasteiger partial charge is 0.356 e. The molecule has 0 aliphatic carbocycles. The van der Waals surface area contributed by atoms with Gasteiger partial charge in [-0.25, -0.2) is 0 Å². The third kappa shape index (κ3) is 3.74. The van der Waals surface area contributed by atoms with Crippen molar-refractivity contribution >= 4 is 5.91 Å². The first-order valence-electron chi connectivity index (χ1n) is 5.45. The summed E-state index contributed by atoms with van der Waals surface area (Å²) in [5.74, 6) is -0.118. The summed E-state index contributed by atoms with van der Waals surface area (Å²) in [4.78, 5) is 11.7. The van der Waals surface area contributed by atoms with Crippen molar-refractivity contribution in [3.63, 3.8) is 0 Å². The second kappa shape index (κ2) is 6.62. The Balaban J connectivity index is 2.40. The second-order valence-electron chi connectivity index (χ2n) is 3.69. The zero-order valence-electron chi connectivity index (χ0n) is 9.44. The van der Waals surface area contributed by atoms with Crippen LogP contribution in [0.1, 0.15) is 31.2 Å². The summed E-state index contributed by atoms with van der Waals surface area (Å²) < 4.78 is 0. The van der Waals surface area contributed by atoms with Gasteiger partial charge in [0.15, 0.2) is 0 Å². The fourth-order valence-electron chi connectivity index (χ4n) is 1.43. The summed E-state index contributed by atoms with van der Waals surface area (Å²) in [7, 11) is 0. The Kier molecular flexibility index (Phi) is 5.07. The van der Waals surface area contributed by atoms with Gasteiger partial charge in [0, 0.05) is 13.0 Å². The van der Waals surface area contributed by atoms with E-state index in [0.29, 0.717) is 19.4 Å². The lowest BCUT2D eigenvalue weighted by Gasteiger charge is -2.11. The summed E-state index contributed by atoms with van der Waals surface area (Å²) >= 11 is 0. The molecule has 1 rings (SSSR count). The van der Waals surface area contributed by atoms with Gasteiger partial charge in [-0.1, -0.05) is 30.3 Å². The number of hydrogen-bond acceptors (Lipinski definition) is 2. The van der Waals surface area contributed by atoms with Gasteiger partial charge < -0.3 is 5.32 Å². The van der Waals surface area contributed by atoms with Crippen LogP contribution in [0.25, 0.3) is 0 Å². The van der Waals surface area contributed by atoms with E-state index in [-0.39, 0.29) is 11.8 Å². The highest BCUT2D eigenvalue weighted by molar-refractivity contribution is 5.83. The molecule has 1 aromatic carbocycles. The van der Waals surface area contributed by atoms with E-state index in [4.69, 9.17) is 5.26 Å². The minimum Gasteiger partial charge on any atom is -0.356 e. The molecule has 1 N–H and O–H groups in total. The highest BCUT2D eigenvalue weighted by Gasteiger charge is 2.13. The van der Waals surface area contributed by atoms with Crippen LogP contribution in [-0.4, -0.2) is 12.5 Å². The van der Waals surface area contributed by atoms with Crippen LogP contribution in [0.5, 0.6) is 0 Å². The number of unbranched alkanes of at least 4 members (excludes halogenated alkanes) is 1. The Morgan fingerprint density at radius 3 is 2.75 bits per heavy atom. The van der Waals surface area contributed by atoms with Crippen LogP contribution in [0.4, 0.5) is 0 Å². The zero-order chi connectivity index (χ0) is 11.8. The fraction of sp³-hybridized carbons (Fsp3) is 0.385. The molecule has 0 saturated carbocycles. The number of rotatable bonds is 5. The summed E-state index contributed by atoms with van der Waals surface area (Å²) in [6, 6.07) is 11.7. The monoisotopic (exact) mass is 216 g/mol. The lowest BCUT2D eigenvalue weighted by Crippen LogP contribution is -2.28. The fourth-order valence-corrected chi connectivity index (χ4v) is 1.43. The van der Waals surface area contributed by atoms with Gasteiger partial charge in [0.05, 0.1) is 12.0 Å². The molecule has 1 amide bonds. The van der Waals surface area contributed by atoms with E-state index in [0.717, 1.165) is 5.56 Å². The molecule has 0 radical (unpaired) electrons. The first kappa shape index (κ1) is 12.3. The van der Waals surface area contributed by atoms with Gasteiger partial charge in [-0.15, -0.1) is 0 Å². The van der Waals surface area contributed by atoms with E-state index < -0.39 is 0 Å². The number of hydrogen-bond donors (Lipinski definition) is 1. The van der Waals surface area contributed by atoms with Gasteiger partial charge in [0.1, 0.15) is 0 Å². The summed E-state index contributed by atoms with van der Waals surface area (Å²) in [5, 5.41) is 11.2. The van der Waals surface area contributed by atoms with Gasteiger partial charge in [0.25, 0.3) is 0 Å². The molecule has 16 heavy (non-hydrogen) atoms. The van der Waals surface area contributed by atoms with Crippen LogP contribution < -0.4 is 5.32 Å². The summed E-state index contributed by atoms with van der Waals surface area (Å²) in [5.41, 5.74) is 1.01. The van der Waals surface area contributed by atoms with E-state index in [1.165, 1.54) is 0 Å². The molecule has 0 saturated heterocycles. The van der Waals surface area contributed by atoms with Crippen molar-refractivity contribution in [1.82, 2.24) is 5.32 Å². The highest BCUT2D eigenvalue weighted by Crippen LogP contribution is 2.14. The van der Waals surface area contributed by atoms with Crippen LogP contribution in [0, 0.1) is 11.3 Å². The molecule has 0 aromatic heterocycles. The Labute approximate surface area is 96.1 Å². The van der Waals surface area contributed by atoms with Crippen molar-refractivity contribution in [3.05, 3.63) is 35.9 Å². The SMILES string of the molecule is CC(C(=O)NCCCC#N)c1ccccc1. The van der Waals surface area contributed by atoms with Crippen molar-refractivity contribution in [2.24, 2.45) is 0 Å². The van der Waals surface area contributed by atoms with Crippen molar-refractivity contribution in [3.8, 4) is 6.07 Å². The molecule has 0 heterocycles. The average molecular weight is 216 g/mol. The van der Waals surface area contributed by atoms with Crippen LogP contribution >= 0.6 is 0 Å². The van der Waals surface area contributed by atoms with Crippen LogP contribution in [0.3, 0.4) is 0 Å². The van der Waals surface area contributed by atoms with E-state index in [2.05, 4.69) is 11.4 Å². The molecule has 3 heteroatoms. The Morgan fingerprint density at radius 1 is 1.44 bits per heavy atom. The molecule has 1 unspecified atom stereocenters. The molecule has 1 aromatic rings. The summed E-state index contributed by atoms with van der Waals surface area (Å²) in [6.07, 6.45) is 1.20. The molecule has 0 aliphatic heterocycles. The van der Waals surface area contributed by atoms with Gasteiger partial charge >= 0.3 is 0 Å². The molecular formula is C13H16N2O. The molecule has 0 spiro atoms. The maximum absolute atomic E-state index is 11.7. The average Bonchev–Trinajstić information content (AvgIpc) is 2.34. The Morgan fingerprint density at radius 2 is 2.12 bits per heavy atom. The third-order valence-electron chi connectivity index (χ3n) is 2.46. The van der Waals surface area contributed by atoms with Crippen molar-refractivity contribution in [1.29, 1.82) is 5.26 Å². The highest BCUT2D eigenvalue weighted by atomic mass is 16.1. The molecule has 0 bridgehead atoms. The molecule has 0 aliphatic rings. The predicted molar refractivity (Wildman–Crippen MR) is 62.7 cm³/mol. The number of nitrogens with one attached hydrogen (secondary N) is 1. The summed E-state index contributed by atoms with van der Waals surface area (Å²) in [6.45, 7) is 2.46. The normalized spacial score (nSPS) is 11.5. The van der Waals surface area contributed by atoms with Crippen LogP contribution in [-0.2, 0) is 4.79 Å². The maximum Gasteiger partial charge on any atom is 0.227 e. The van der Waals surface area contributed by atoms with Crippen molar-refractivity contribution in [2.75, 3.05) is 6.54 Å². The van der Waals surface area contributed by atoms with Gasteiger partial charge in [-0.05, 0) is 18.9 Å². The van der Waals surface area contributed by atoms with E-state index in [1.807, 2.05) is 37.3 Å². The quantitative estimate of drug-likeness (QED) is 0.767. The maximum atomic E-state index is 11.7. The van der Waals surface area contributed by atoms with Crippen molar-refractivity contribution in [2.45, 2.75) is 25.7 Å². The zero-order valence-corrected chi connectivity index (χ0v) is 9.44. The molecule has 0 fully saturated rings. The van der Waals surface area contributed by atoms with E-state index >= 15 is 0 Å². The number of nitrogens with zero attached hydrogens (tertiary/aromatic N) is 1. The molecular weight excluding hydrogens is 200 g/mol. The Bertz CT molecular complexity index is 367. The molecule has 1 atom stereocenters. The Hall–Kier alpha value is -1.82. The lowest BCUT2D eigenvalue weighted by atomic mass is 10.0. The number of amides is 1. The van der Waals surface area contributed by atoms with Crippen molar-refractivity contribution < 1.29 is 4.79 Å². The van der Waals surface area contributed by atoms with Gasteiger partial charge in [-0.3, -0.25) is 4.79 Å². The lowest BCUT2D eigenvalue weighted by molar-refractivity contribution is -0.122. The van der Waals surface area contributed by atoms with E-state index in [9.17, 15) is 4.79 Å². The molecule has 3 nitrogen and oxygen atoms in total. The predicted octanol–water partition coefficient (Wildman–Crippen LogP) is 2.21. The third-order valence-corrected chi connectivity index (χ3v) is 2.46. The minimum absolute atomic E-state index is 0.0177. The molecule has 84 valence electrons.